The fourth-order valence-corrected chi connectivity index (χ4v) is 4.19. The number of rotatable bonds is 6. The Bertz CT molecular complexity index is 902. The van der Waals surface area contributed by atoms with E-state index in [0.717, 1.165) is 33.0 Å². The van der Waals surface area contributed by atoms with Crippen molar-refractivity contribution < 1.29 is 9.69 Å². The van der Waals surface area contributed by atoms with E-state index < -0.39 is 0 Å². The molecule has 0 bridgehead atoms. The number of aryl methyl sites for hydroxylation is 2. The monoisotopic (exact) mass is 368 g/mol. The van der Waals surface area contributed by atoms with Crippen LogP contribution in [-0.4, -0.2) is 38.1 Å². The Morgan fingerprint density at radius 2 is 1.88 bits per heavy atom. The maximum atomic E-state index is 13.0. The summed E-state index contributed by atoms with van der Waals surface area (Å²) in [5.74, 6) is 0.103. The van der Waals surface area contributed by atoms with Gasteiger partial charge in [-0.25, -0.2) is 4.98 Å². The van der Waals surface area contributed by atoms with Crippen molar-refractivity contribution in [1.82, 2.24) is 4.98 Å². The van der Waals surface area contributed by atoms with Crippen molar-refractivity contribution in [3.63, 3.8) is 0 Å². The molecule has 5 heteroatoms. The number of amides is 1. The number of carbonyl (C=O) groups excluding carboxylic acids is 1. The average molecular weight is 369 g/mol. The molecule has 0 spiro atoms. The quantitative estimate of drug-likeness (QED) is 0.726. The number of nitrogens with zero attached hydrogens (tertiary/aromatic N) is 2. The topological polar surface area (TPSA) is 37.6 Å². The van der Waals surface area contributed by atoms with Gasteiger partial charge in [0.25, 0.3) is 0 Å². The number of fused-ring (bicyclic) bond motifs is 1. The molecule has 1 amide bonds. The standard InChI is InChI=1S/C21H25N3OS/c1-15-12-16(2)20-18(13-15)26-21(22-20)24(11-10-23(3)4)19(25)14-17-8-6-5-7-9-17/h5-9,12-13H,10-11,14H2,1-4H3/p+1. The molecular weight excluding hydrogens is 342 g/mol. The van der Waals surface area contributed by atoms with Crippen LogP contribution in [0.5, 0.6) is 0 Å². The molecule has 4 nitrogen and oxygen atoms in total. The van der Waals surface area contributed by atoms with Gasteiger partial charge in [0.1, 0.15) is 0 Å². The van der Waals surface area contributed by atoms with Crippen LogP contribution in [0.15, 0.2) is 42.5 Å². The Labute approximate surface area is 159 Å². The predicted octanol–water partition coefficient (Wildman–Crippen LogP) is 2.63. The zero-order chi connectivity index (χ0) is 18.7. The molecule has 3 aromatic rings. The van der Waals surface area contributed by atoms with E-state index in [1.54, 1.807) is 11.3 Å². The molecule has 1 aromatic heterocycles. The van der Waals surface area contributed by atoms with E-state index in [9.17, 15) is 4.79 Å². The van der Waals surface area contributed by atoms with Crippen LogP contribution in [0, 0.1) is 13.8 Å². The molecule has 136 valence electrons. The second-order valence-corrected chi connectivity index (χ2v) is 8.10. The predicted molar refractivity (Wildman–Crippen MR) is 109 cm³/mol. The second kappa shape index (κ2) is 7.98. The summed E-state index contributed by atoms with van der Waals surface area (Å²) in [5, 5.41) is 0.802. The number of nitrogens with one attached hydrogen (secondary N) is 1. The normalized spacial score (nSPS) is 11.3. The Hall–Kier alpha value is -2.24. The molecule has 0 aliphatic rings. The van der Waals surface area contributed by atoms with Gasteiger partial charge >= 0.3 is 0 Å². The molecule has 0 unspecified atom stereocenters. The lowest BCUT2D eigenvalue weighted by atomic mass is 10.1. The van der Waals surface area contributed by atoms with Crippen LogP contribution in [0.4, 0.5) is 5.13 Å². The van der Waals surface area contributed by atoms with E-state index in [1.165, 1.54) is 10.5 Å². The van der Waals surface area contributed by atoms with Gasteiger partial charge in [0.15, 0.2) is 5.13 Å². The van der Waals surface area contributed by atoms with Crippen LogP contribution < -0.4 is 9.80 Å². The van der Waals surface area contributed by atoms with Gasteiger partial charge in [-0.3, -0.25) is 9.69 Å². The summed E-state index contributed by atoms with van der Waals surface area (Å²) in [6.45, 7) is 5.73. The van der Waals surface area contributed by atoms with Gasteiger partial charge in [-0.1, -0.05) is 47.7 Å². The van der Waals surface area contributed by atoms with Crippen LogP contribution in [-0.2, 0) is 11.2 Å². The summed E-state index contributed by atoms with van der Waals surface area (Å²) in [4.78, 5) is 21.0. The third kappa shape index (κ3) is 4.29. The molecule has 0 fully saturated rings. The van der Waals surface area contributed by atoms with Gasteiger partial charge in [0, 0.05) is 0 Å². The summed E-state index contributed by atoms with van der Waals surface area (Å²) >= 11 is 1.61. The Kier molecular flexibility index (Phi) is 5.69. The molecule has 0 aliphatic carbocycles. The number of aromatic nitrogens is 1. The maximum absolute atomic E-state index is 13.0. The van der Waals surface area contributed by atoms with Crippen LogP contribution in [0.2, 0.25) is 0 Å². The van der Waals surface area contributed by atoms with Crippen molar-refractivity contribution >= 4 is 32.6 Å². The largest absolute Gasteiger partial charge is 0.338 e. The first-order chi connectivity index (χ1) is 12.4. The molecule has 0 saturated heterocycles. The summed E-state index contributed by atoms with van der Waals surface area (Å²) in [6, 6.07) is 14.2. The smallest absolute Gasteiger partial charge is 0.233 e. The number of carbonyl (C=O) groups is 1. The lowest BCUT2D eigenvalue weighted by Crippen LogP contribution is -3.06. The fourth-order valence-electron chi connectivity index (χ4n) is 3.00. The van der Waals surface area contributed by atoms with E-state index in [2.05, 4.69) is 40.1 Å². The minimum atomic E-state index is 0.103. The van der Waals surface area contributed by atoms with Crippen LogP contribution in [0.3, 0.4) is 0 Å². The molecular formula is C21H26N3OS+. The van der Waals surface area contributed by atoms with E-state index in [-0.39, 0.29) is 5.91 Å². The lowest BCUT2D eigenvalue weighted by molar-refractivity contribution is -0.856. The van der Waals surface area contributed by atoms with Gasteiger partial charge in [-0.15, -0.1) is 0 Å². The number of thiazole rings is 1. The van der Waals surface area contributed by atoms with Crippen LogP contribution >= 0.6 is 11.3 Å². The summed E-state index contributed by atoms with van der Waals surface area (Å²) < 4.78 is 1.15. The highest BCUT2D eigenvalue weighted by Gasteiger charge is 2.21. The lowest BCUT2D eigenvalue weighted by Gasteiger charge is -2.20. The molecule has 0 radical (unpaired) electrons. The molecule has 2 aromatic carbocycles. The summed E-state index contributed by atoms with van der Waals surface area (Å²) in [6.07, 6.45) is 0.400. The molecule has 26 heavy (non-hydrogen) atoms. The zero-order valence-corrected chi connectivity index (χ0v) is 16.7. The SMILES string of the molecule is Cc1cc(C)c2nc(N(CC[NH+](C)C)C(=O)Cc3ccccc3)sc2c1. The number of benzene rings is 2. The molecule has 1 heterocycles. The van der Waals surface area contributed by atoms with Crippen molar-refractivity contribution in [1.29, 1.82) is 0 Å². The van der Waals surface area contributed by atoms with Gasteiger partial charge in [0.2, 0.25) is 5.91 Å². The first-order valence-electron chi connectivity index (χ1n) is 8.95. The number of hydrogen-bond donors (Lipinski definition) is 1. The van der Waals surface area contributed by atoms with Gasteiger partial charge < -0.3 is 4.90 Å². The summed E-state index contributed by atoms with van der Waals surface area (Å²) in [7, 11) is 4.21. The van der Waals surface area contributed by atoms with Crippen molar-refractivity contribution in [2.45, 2.75) is 20.3 Å². The minimum Gasteiger partial charge on any atom is -0.338 e. The van der Waals surface area contributed by atoms with E-state index in [1.807, 2.05) is 35.2 Å². The average Bonchev–Trinajstić information content (AvgIpc) is 2.99. The van der Waals surface area contributed by atoms with Crippen molar-refractivity contribution in [2.24, 2.45) is 0 Å². The van der Waals surface area contributed by atoms with Crippen molar-refractivity contribution in [3.05, 3.63) is 59.2 Å². The van der Waals surface area contributed by atoms with Crippen LogP contribution in [0.1, 0.15) is 16.7 Å². The van der Waals surface area contributed by atoms with E-state index in [0.29, 0.717) is 13.0 Å². The van der Waals surface area contributed by atoms with Crippen LogP contribution in [0.25, 0.3) is 10.2 Å². The third-order valence-corrected chi connectivity index (χ3v) is 5.41. The highest BCUT2D eigenvalue weighted by molar-refractivity contribution is 7.22. The Morgan fingerprint density at radius 1 is 1.15 bits per heavy atom. The number of anilines is 1. The highest BCUT2D eigenvalue weighted by Crippen LogP contribution is 2.31. The van der Waals surface area contributed by atoms with Crippen molar-refractivity contribution in [3.8, 4) is 0 Å². The summed E-state index contributed by atoms with van der Waals surface area (Å²) in [5.41, 5.74) is 4.43. The number of likely N-dealkylation sites (N-methyl/N-ethyl adjacent to an activating group) is 1. The Balaban J connectivity index is 1.92. The molecule has 0 aliphatic heterocycles. The molecule has 0 saturated carbocycles. The van der Waals surface area contributed by atoms with E-state index in [4.69, 9.17) is 4.98 Å². The number of quaternary nitrogens is 1. The first-order valence-corrected chi connectivity index (χ1v) is 9.77. The fraction of sp³-hybridized carbons (Fsp3) is 0.333. The maximum Gasteiger partial charge on any atom is 0.233 e. The Morgan fingerprint density at radius 3 is 2.58 bits per heavy atom. The van der Waals surface area contributed by atoms with E-state index >= 15 is 0 Å². The van der Waals surface area contributed by atoms with Gasteiger partial charge in [-0.2, -0.15) is 0 Å². The highest BCUT2D eigenvalue weighted by atomic mass is 32.1. The number of hydrogen-bond acceptors (Lipinski definition) is 3. The van der Waals surface area contributed by atoms with Gasteiger partial charge in [-0.05, 0) is 36.6 Å². The molecule has 1 N–H and O–H groups in total. The third-order valence-electron chi connectivity index (χ3n) is 4.38. The first kappa shape index (κ1) is 18.5. The molecule has 3 rings (SSSR count). The second-order valence-electron chi connectivity index (χ2n) is 7.09. The zero-order valence-electron chi connectivity index (χ0n) is 15.9. The minimum absolute atomic E-state index is 0.103. The molecule has 0 atom stereocenters. The van der Waals surface area contributed by atoms with Crippen molar-refractivity contribution in [2.75, 3.05) is 32.1 Å². The van der Waals surface area contributed by atoms with Gasteiger partial charge in [0.05, 0.1) is 43.8 Å².